The van der Waals surface area contributed by atoms with Crippen molar-refractivity contribution in [1.29, 1.82) is 0 Å². The van der Waals surface area contributed by atoms with Gasteiger partial charge in [0.15, 0.2) is 5.13 Å². The molecule has 0 aromatic carbocycles. The molecule has 1 atom stereocenters. The smallest absolute Gasteiger partial charge is 0.185 e. The lowest BCUT2D eigenvalue weighted by Crippen LogP contribution is -2.35. The van der Waals surface area contributed by atoms with Crippen molar-refractivity contribution in [2.24, 2.45) is 11.7 Å². The van der Waals surface area contributed by atoms with Gasteiger partial charge in [-0.3, -0.25) is 0 Å². The summed E-state index contributed by atoms with van der Waals surface area (Å²) in [6.45, 7) is 5.66. The Morgan fingerprint density at radius 3 is 3.06 bits per heavy atom. The van der Waals surface area contributed by atoms with Crippen LogP contribution >= 0.6 is 11.3 Å². The van der Waals surface area contributed by atoms with E-state index in [4.69, 9.17) is 15.5 Å². The van der Waals surface area contributed by atoms with Gasteiger partial charge in [-0.2, -0.15) is 0 Å². The van der Waals surface area contributed by atoms with Crippen molar-refractivity contribution in [2.75, 3.05) is 25.1 Å². The molecule has 1 unspecified atom stereocenters. The van der Waals surface area contributed by atoms with Crippen LogP contribution in [-0.4, -0.2) is 25.2 Å². The monoisotopic (exact) mass is 269 g/mol. The number of hydrogen-bond donors (Lipinski definition) is 1. The number of ether oxygens (including phenoxy) is 1. The average Bonchev–Trinajstić information content (AvgIpc) is 2.82. The van der Waals surface area contributed by atoms with Crippen LogP contribution in [0.15, 0.2) is 0 Å². The van der Waals surface area contributed by atoms with E-state index in [9.17, 15) is 0 Å². The lowest BCUT2D eigenvalue weighted by molar-refractivity contribution is 0.181. The van der Waals surface area contributed by atoms with E-state index in [-0.39, 0.29) is 0 Å². The number of anilines is 1. The summed E-state index contributed by atoms with van der Waals surface area (Å²) in [5.74, 6) is 0.815. The van der Waals surface area contributed by atoms with Crippen LogP contribution in [0.25, 0.3) is 0 Å². The molecule has 0 amide bonds. The van der Waals surface area contributed by atoms with E-state index >= 15 is 0 Å². The summed E-state index contributed by atoms with van der Waals surface area (Å²) < 4.78 is 5.18. The highest BCUT2D eigenvalue weighted by molar-refractivity contribution is 7.15. The number of aromatic nitrogens is 1. The molecule has 18 heavy (non-hydrogen) atoms. The first-order valence-electron chi connectivity index (χ1n) is 6.71. The Balaban J connectivity index is 2.12. The normalized spacial score (nSPS) is 20.4. The Bertz CT molecular complexity index is 380. The van der Waals surface area contributed by atoms with Crippen molar-refractivity contribution >= 4 is 16.5 Å². The van der Waals surface area contributed by atoms with Crippen LogP contribution in [0.2, 0.25) is 0 Å². The lowest BCUT2D eigenvalue weighted by Gasteiger charge is -2.31. The van der Waals surface area contributed by atoms with Gasteiger partial charge in [0.05, 0.1) is 12.3 Å². The van der Waals surface area contributed by atoms with Crippen LogP contribution in [-0.2, 0) is 17.9 Å². The molecule has 1 aliphatic rings. The second-order valence-electron chi connectivity index (χ2n) is 4.87. The van der Waals surface area contributed by atoms with E-state index in [2.05, 4.69) is 11.8 Å². The molecule has 102 valence electrons. The molecule has 2 heterocycles. The molecule has 0 bridgehead atoms. The molecular formula is C13H23N3OS. The first-order valence-corrected chi connectivity index (χ1v) is 7.52. The molecule has 5 heteroatoms. The van der Waals surface area contributed by atoms with Crippen molar-refractivity contribution in [1.82, 2.24) is 4.98 Å². The Hall–Kier alpha value is -0.650. The van der Waals surface area contributed by atoms with Crippen LogP contribution in [0, 0.1) is 5.92 Å². The predicted octanol–water partition coefficient (Wildman–Crippen LogP) is 2.37. The summed E-state index contributed by atoms with van der Waals surface area (Å²) in [6, 6.07) is 0. The number of methoxy groups -OCH3 is 1. The first-order chi connectivity index (χ1) is 8.78. The minimum atomic E-state index is 0.557. The first kappa shape index (κ1) is 13.8. The third-order valence-corrected chi connectivity index (χ3v) is 4.78. The summed E-state index contributed by atoms with van der Waals surface area (Å²) in [5.41, 5.74) is 6.79. The maximum atomic E-state index is 5.77. The van der Waals surface area contributed by atoms with Crippen LogP contribution in [0.1, 0.15) is 36.8 Å². The fourth-order valence-electron chi connectivity index (χ4n) is 2.49. The minimum absolute atomic E-state index is 0.557. The highest BCUT2D eigenvalue weighted by Gasteiger charge is 2.22. The highest BCUT2D eigenvalue weighted by Crippen LogP contribution is 2.30. The maximum absolute atomic E-state index is 5.77. The Morgan fingerprint density at radius 2 is 2.39 bits per heavy atom. The van der Waals surface area contributed by atoms with Gasteiger partial charge in [0.1, 0.15) is 0 Å². The summed E-state index contributed by atoms with van der Waals surface area (Å²) >= 11 is 1.73. The number of rotatable bonds is 5. The van der Waals surface area contributed by atoms with Gasteiger partial charge in [0, 0.05) is 31.6 Å². The standard InChI is InChI=1S/C13H23N3OS/c1-3-10-5-4-6-16(8-10)13-15-11(9-17-2)12(7-14)18-13/h10H,3-9,14H2,1-2H3. The van der Waals surface area contributed by atoms with E-state index in [1.165, 1.54) is 19.3 Å². The molecule has 1 aromatic rings. The van der Waals surface area contributed by atoms with E-state index < -0.39 is 0 Å². The van der Waals surface area contributed by atoms with Gasteiger partial charge in [0.25, 0.3) is 0 Å². The van der Waals surface area contributed by atoms with Crippen molar-refractivity contribution in [3.05, 3.63) is 10.6 Å². The Morgan fingerprint density at radius 1 is 1.56 bits per heavy atom. The molecule has 4 nitrogen and oxygen atoms in total. The van der Waals surface area contributed by atoms with Crippen LogP contribution in [0.4, 0.5) is 5.13 Å². The van der Waals surface area contributed by atoms with Crippen molar-refractivity contribution in [2.45, 2.75) is 39.3 Å². The highest BCUT2D eigenvalue weighted by atomic mass is 32.1. The van der Waals surface area contributed by atoms with Crippen LogP contribution < -0.4 is 10.6 Å². The fraction of sp³-hybridized carbons (Fsp3) is 0.769. The quantitative estimate of drug-likeness (QED) is 0.891. The fourth-order valence-corrected chi connectivity index (χ4v) is 3.46. The zero-order chi connectivity index (χ0) is 13.0. The van der Waals surface area contributed by atoms with Crippen molar-refractivity contribution in [3.8, 4) is 0 Å². The van der Waals surface area contributed by atoms with Gasteiger partial charge in [0.2, 0.25) is 0 Å². The summed E-state index contributed by atoms with van der Waals surface area (Å²) in [6.07, 6.45) is 3.89. The zero-order valence-corrected chi connectivity index (χ0v) is 12.1. The molecule has 0 spiro atoms. The van der Waals surface area contributed by atoms with Gasteiger partial charge >= 0.3 is 0 Å². The number of hydrogen-bond acceptors (Lipinski definition) is 5. The SMILES string of the molecule is CCC1CCCN(c2nc(COC)c(CN)s2)C1. The third-order valence-electron chi connectivity index (χ3n) is 3.60. The molecule has 1 saturated heterocycles. The van der Waals surface area contributed by atoms with E-state index in [0.717, 1.165) is 34.7 Å². The number of thiazole rings is 1. The van der Waals surface area contributed by atoms with Gasteiger partial charge in [-0.25, -0.2) is 4.98 Å². The van der Waals surface area contributed by atoms with E-state index in [0.29, 0.717) is 13.2 Å². The second-order valence-corrected chi connectivity index (χ2v) is 5.93. The minimum Gasteiger partial charge on any atom is -0.378 e. The van der Waals surface area contributed by atoms with Gasteiger partial charge < -0.3 is 15.4 Å². The summed E-state index contributed by atoms with van der Waals surface area (Å²) in [5, 5.41) is 1.13. The molecule has 1 aliphatic heterocycles. The molecule has 0 aliphatic carbocycles. The molecular weight excluding hydrogens is 246 g/mol. The van der Waals surface area contributed by atoms with Gasteiger partial charge in [-0.1, -0.05) is 13.3 Å². The molecule has 2 rings (SSSR count). The van der Waals surface area contributed by atoms with E-state index in [1.807, 2.05) is 0 Å². The number of piperidine rings is 1. The van der Waals surface area contributed by atoms with Crippen molar-refractivity contribution in [3.63, 3.8) is 0 Å². The largest absolute Gasteiger partial charge is 0.378 e. The number of nitrogens with zero attached hydrogens (tertiary/aromatic N) is 2. The van der Waals surface area contributed by atoms with Gasteiger partial charge in [-0.05, 0) is 18.8 Å². The molecule has 0 radical (unpaired) electrons. The maximum Gasteiger partial charge on any atom is 0.185 e. The third kappa shape index (κ3) is 3.02. The average molecular weight is 269 g/mol. The molecule has 2 N–H and O–H groups in total. The topological polar surface area (TPSA) is 51.4 Å². The molecule has 1 aromatic heterocycles. The number of nitrogens with two attached hydrogens (primary N) is 1. The zero-order valence-electron chi connectivity index (χ0n) is 11.3. The lowest BCUT2D eigenvalue weighted by atomic mass is 9.96. The Kier molecular flexibility index (Phi) is 4.97. The van der Waals surface area contributed by atoms with Gasteiger partial charge in [-0.15, -0.1) is 11.3 Å². The molecule has 1 fully saturated rings. The van der Waals surface area contributed by atoms with E-state index in [1.54, 1.807) is 18.4 Å². The summed E-state index contributed by atoms with van der Waals surface area (Å²) in [4.78, 5) is 8.28. The van der Waals surface area contributed by atoms with Crippen LogP contribution in [0.3, 0.4) is 0 Å². The van der Waals surface area contributed by atoms with Crippen LogP contribution in [0.5, 0.6) is 0 Å². The second kappa shape index (κ2) is 6.50. The predicted molar refractivity (Wildman–Crippen MR) is 75.9 cm³/mol. The summed E-state index contributed by atoms with van der Waals surface area (Å²) in [7, 11) is 1.70. The van der Waals surface area contributed by atoms with Crippen molar-refractivity contribution < 1.29 is 4.74 Å². The molecule has 0 saturated carbocycles. The Labute approximate surface area is 113 Å².